The summed E-state index contributed by atoms with van der Waals surface area (Å²) >= 11 is 0. The first-order valence-electron chi connectivity index (χ1n) is 6.34. The molecule has 2 rings (SSSR count). The van der Waals surface area contributed by atoms with Gasteiger partial charge in [-0.15, -0.1) is 0 Å². The van der Waals surface area contributed by atoms with Gasteiger partial charge in [0, 0.05) is 0 Å². The molecule has 0 unspecified atom stereocenters. The Balaban J connectivity index is 2.31. The van der Waals surface area contributed by atoms with Gasteiger partial charge in [0.15, 0.2) is 17.3 Å². The van der Waals surface area contributed by atoms with E-state index < -0.39 is 23.1 Å². The van der Waals surface area contributed by atoms with Crippen molar-refractivity contribution in [2.45, 2.75) is 26.4 Å². The van der Waals surface area contributed by atoms with Crippen molar-refractivity contribution >= 4 is 5.69 Å². The van der Waals surface area contributed by atoms with E-state index in [9.17, 15) is 8.78 Å². The molecule has 0 amide bonds. The van der Waals surface area contributed by atoms with Crippen LogP contribution in [0.3, 0.4) is 0 Å². The van der Waals surface area contributed by atoms with E-state index in [4.69, 9.17) is 16.0 Å². The molecular weight excluding hydrogens is 292 g/mol. The molecule has 0 bridgehead atoms. The minimum atomic E-state index is -0.925. The molecule has 114 valence electrons. The van der Waals surface area contributed by atoms with Crippen molar-refractivity contribution in [3.63, 3.8) is 0 Å². The van der Waals surface area contributed by atoms with Crippen LogP contribution in [-0.4, -0.2) is 15.6 Å². The predicted octanol–water partition coefficient (Wildman–Crippen LogP) is 4.28. The predicted molar refractivity (Wildman–Crippen MR) is 75.1 cm³/mol. The Labute approximate surface area is 126 Å². The first-order valence-corrected chi connectivity index (χ1v) is 6.34. The third-order valence-corrected chi connectivity index (χ3v) is 2.38. The fourth-order valence-corrected chi connectivity index (χ4v) is 1.52. The van der Waals surface area contributed by atoms with Gasteiger partial charge in [0.25, 0.3) is 11.8 Å². The second kappa shape index (κ2) is 5.93. The number of halogens is 2. The zero-order chi connectivity index (χ0) is 16.3. The van der Waals surface area contributed by atoms with E-state index in [0.717, 1.165) is 12.4 Å². The minimum absolute atomic E-state index is 0.116. The van der Waals surface area contributed by atoms with Crippen molar-refractivity contribution in [1.29, 1.82) is 0 Å². The van der Waals surface area contributed by atoms with E-state index in [-0.39, 0.29) is 17.3 Å². The summed E-state index contributed by atoms with van der Waals surface area (Å²) in [7, 11) is 0. The molecule has 5 nitrogen and oxygen atoms in total. The molecule has 2 aromatic rings. The fourth-order valence-electron chi connectivity index (χ4n) is 1.52. The summed E-state index contributed by atoms with van der Waals surface area (Å²) in [5.41, 5.74) is -0.542. The SMILES string of the molecule is [C-]#[N+]c1ccc(Oc2ncnc(OC(C)(C)C)c2F)c(F)c1. The van der Waals surface area contributed by atoms with Crippen LogP contribution in [-0.2, 0) is 0 Å². The summed E-state index contributed by atoms with van der Waals surface area (Å²) in [4.78, 5) is 10.4. The Bertz CT molecular complexity index is 737. The van der Waals surface area contributed by atoms with E-state index in [1.54, 1.807) is 20.8 Å². The molecule has 0 N–H and O–H groups in total. The maximum Gasteiger partial charge on any atom is 0.263 e. The van der Waals surface area contributed by atoms with Crippen LogP contribution in [0.25, 0.3) is 4.85 Å². The van der Waals surface area contributed by atoms with Crippen LogP contribution >= 0.6 is 0 Å². The molecule has 7 heteroatoms. The lowest BCUT2D eigenvalue weighted by molar-refractivity contribution is 0.115. The molecule has 0 radical (unpaired) electrons. The number of benzene rings is 1. The quantitative estimate of drug-likeness (QED) is 0.794. The average molecular weight is 305 g/mol. The van der Waals surface area contributed by atoms with Crippen LogP contribution in [0.1, 0.15) is 20.8 Å². The Hall–Kier alpha value is -2.75. The van der Waals surface area contributed by atoms with Gasteiger partial charge in [0.1, 0.15) is 11.9 Å². The lowest BCUT2D eigenvalue weighted by Gasteiger charge is -2.20. The van der Waals surface area contributed by atoms with E-state index in [2.05, 4.69) is 14.8 Å². The summed E-state index contributed by atoms with van der Waals surface area (Å²) in [6.45, 7) is 12.0. The molecule has 0 saturated heterocycles. The Morgan fingerprint density at radius 3 is 2.41 bits per heavy atom. The monoisotopic (exact) mass is 305 g/mol. The van der Waals surface area contributed by atoms with E-state index in [1.807, 2.05) is 0 Å². The summed E-state index contributed by atoms with van der Waals surface area (Å²) in [6.07, 6.45) is 1.06. The molecule has 0 aliphatic rings. The summed E-state index contributed by atoms with van der Waals surface area (Å²) in [5, 5.41) is 0. The van der Waals surface area contributed by atoms with E-state index >= 15 is 0 Å². The maximum atomic E-state index is 14.2. The molecule has 0 fully saturated rings. The highest BCUT2D eigenvalue weighted by molar-refractivity contribution is 5.48. The molecule has 1 heterocycles. The average Bonchev–Trinajstić information content (AvgIpc) is 2.43. The lowest BCUT2D eigenvalue weighted by atomic mass is 10.2. The Kier molecular flexibility index (Phi) is 4.22. The molecule has 22 heavy (non-hydrogen) atoms. The topological polar surface area (TPSA) is 48.6 Å². The number of hydrogen-bond donors (Lipinski definition) is 0. The highest BCUT2D eigenvalue weighted by Gasteiger charge is 2.21. The molecule has 0 spiro atoms. The summed E-state index contributed by atoms with van der Waals surface area (Å²) in [5.74, 6) is -2.69. The number of ether oxygens (including phenoxy) is 2. The van der Waals surface area contributed by atoms with Crippen molar-refractivity contribution < 1.29 is 18.3 Å². The smallest absolute Gasteiger partial charge is 0.263 e. The van der Waals surface area contributed by atoms with Gasteiger partial charge in [-0.3, -0.25) is 0 Å². The highest BCUT2D eigenvalue weighted by atomic mass is 19.1. The van der Waals surface area contributed by atoms with Gasteiger partial charge in [-0.2, -0.15) is 14.4 Å². The molecule has 0 aliphatic heterocycles. The fraction of sp³-hybridized carbons (Fsp3) is 0.267. The van der Waals surface area contributed by atoms with Crippen molar-refractivity contribution in [2.24, 2.45) is 0 Å². The number of aromatic nitrogens is 2. The van der Waals surface area contributed by atoms with Crippen molar-refractivity contribution in [1.82, 2.24) is 9.97 Å². The molecule has 0 aliphatic carbocycles. The van der Waals surface area contributed by atoms with Gasteiger partial charge in [0.05, 0.1) is 6.57 Å². The zero-order valence-corrected chi connectivity index (χ0v) is 12.2. The standard InChI is InChI=1S/C15H13F2N3O2/c1-15(2,3)22-14-12(17)13(19-8-20-14)21-11-6-5-9(18-4)7-10(11)16/h5-8H,1-3H3. The third-order valence-electron chi connectivity index (χ3n) is 2.38. The second-order valence-corrected chi connectivity index (χ2v) is 5.34. The number of nitrogens with zero attached hydrogens (tertiary/aromatic N) is 3. The molecular formula is C15H13F2N3O2. The van der Waals surface area contributed by atoms with Crippen molar-refractivity contribution in [3.05, 3.63) is 47.6 Å². The summed E-state index contributed by atoms with van der Waals surface area (Å²) in [6, 6.07) is 3.58. The normalized spacial score (nSPS) is 10.9. The largest absolute Gasteiger partial charge is 0.470 e. The van der Waals surface area contributed by atoms with E-state index in [0.29, 0.717) is 0 Å². The highest BCUT2D eigenvalue weighted by Crippen LogP contribution is 2.31. The Morgan fingerprint density at radius 1 is 1.14 bits per heavy atom. The van der Waals surface area contributed by atoms with Crippen LogP contribution in [0.15, 0.2) is 24.5 Å². The van der Waals surface area contributed by atoms with Crippen LogP contribution in [0.2, 0.25) is 0 Å². The maximum absolute atomic E-state index is 14.2. The first kappa shape index (κ1) is 15.6. The molecule has 1 aromatic carbocycles. The van der Waals surface area contributed by atoms with Crippen LogP contribution < -0.4 is 9.47 Å². The number of hydrogen-bond acceptors (Lipinski definition) is 4. The van der Waals surface area contributed by atoms with E-state index in [1.165, 1.54) is 12.1 Å². The van der Waals surface area contributed by atoms with Gasteiger partial charge in [0.2, 0.25) is 5.82 Å². The zero-order valence-electron chi connectivity index (χ0n) is 12.2. The van der Waals surface area contributed by atoms with Gasteiger partial charge in [-0.1, -0.05) is 6.07 Å². The molecule has 1 aromatic heterocycles. The van der Waals surface area contributed by atoms with Crippen molar-refractivity contribution in [2.75, 3.05) is 0 Å². The summed E-state index contributed by atoms with van der Waals surface area (Å²) < 4.78 is 38.4. The van der Waals surface area contributed by atoms with Crippen LogP contribution in [0, 0.1) is 18.2 Å². The van der Waals surface area contributed by atoms with Crippen LogP contribution in [0.4, 0.5) is 14.5 Å². The lowest BCUT2D eigenvalue weighted by Crippen LogP contribution is -2.24. The van der Waals surface area contributed by atoms with Crippen molar-refractivity contribution in [3.8, 4) is 17.5 Å². The van der Waals surface area contributed by atoms with Gasteiger partial charge in [-0.05, 0) is 32.9 Å². The van der Waals surface area contributed by atoms with Gasteiger partial charge < -0.3 is 9.47 Å². The molecule has 0 atom stereocenters. The van der Waals surface area contributed by atoms with Gasteiger partial charge in [-0.25, -0.2) is 9.24 Å². The van der Waals surface area contributed by atoms with Gasteiger partial charge >= 0.3 is 0 Å². The third kappa shape index (κ3) is 3.67. The molecule has 0 saturated carbocycles. The minimum Gasteiger partial charge on any atom is -0.470 e. The first-order chi connectivity index (χ1) is 10.3. The second-order valence-electron chi connectivity index (χ2n) is 5.34. The Morgan fingerprint density at radius 2 is 1.82 bits per heavy atom. The number of rotatable bonds is 3. The van der Waals surface area contributed by atoms with Crippen LogP contribution in [0.5, 0.6) is 17.5 Å².